The van der Waals surface area contributed by atoms with Crippen molar-refractivity contribution in [3.63, 3.8) is 0 Å². The van der Waals surface area contributed by atoms with Gasteiger partial charge in [0.1, 0.15) is 5.75 Å². The second kappa shape index (κ2) is 6.58. The summed E-state index contributed by atoms with van der Waals surface area (Å²) >= 11 is 6.13. The number of rotatable bonds is 4. The maximum Gasteiger partial charge on any atom is 0.275 e. The van der Waals surface area contributed by atoms with E-state index in [1.165, 1.54) is 13.3 Å². The van der Waals surface area contributed by atoms with Gasteiger partial charge in [-0.3, -0.25) is 4.79 Å². The number of carbonyl (C=O) groups is 1. The molecule has 6 nitrogen and oxygen atoms in total. The van der Waals surface area contributed by atoms with Gasteiger partial charge in [-0.05, 0) is 18.2 Å². The zero-order valence-corrected chi connectivity index (χ0v) is 13.0. The minimum atomic E-state index is -0.379. The Morgan fingerprint density at radius 2 is 2.04 bits per heavy atom. The van der Waals surface area contributed by atoms with Crippen LogP contribution >= 0.6 is 11.6 Å². The van der Waals surface area contributed by atoms with E-state index in [1.807, 2.05) is 0 Å². The lowest BCUT2D eigenvalue weighted by Gasteiger charge is -2.06. The van der Waals surface area contributed by atoms with Gasteiger partial charge in [-0.15, -0.1) is 0 Å². The Bertz CT molecular complexity index is 777. The smallest absolute Gasteiger partial charge is 0.275 e. The van der Waals surface area contributed by atoms with Crippen molar-refractivity contribution in [2.75, 3.05) is 13.9 Å². The fourth-order valence-corrected chi connectivity index (χ4v) is 2.29. The van der Waals surface area contributed by atoms with Crippen LogP contribution in [0.4, 0.5) is 0 Å². The molecule has 2 aromatic rings. The lowest BCUT2D eigenvalue weighted by Crippen LogP contribution is -2.18. The molecule has 0 fully saturated rings. The molecule has 118 valence electrons. The number of benzene rings is 2. The molecule has 1 N–H and O–H groups in total. The highest BCUT2D eigenvalue weighted by molar-refractivity contribution is 6.33. The van der Waals surface area contributed by atoms with Crippen molar-refractivity contribution in [1.82, 2.24) is 5.43 Å². The Balaban J connectivity index is 1.73. The number of fused-ring (bicyclic) bond motifs is 1. The topological polar surface area (TPSA) is 69.2 Å². The normalized spacial score (nSPS) is 12.4. The van der Waals surface area contributed by atoms with Crippen LogP contribution in [-0.2, 0) is 0 Å². The highest BCUT2D eigenvalue weighted by Gasteiger charge is 2.16. The molecule has 1 aliphatic heterocycles. The minimum absolute atomic E-state index is 0.163. The lowest BCUT2D eigenvalue weighted by atomic mass is 10.2. The molecule has 0 unspecified atom stereocenters. The second-order valence-corrected chi connectivity index (χ2v) is 5.03. The van der Waals surface area contributed by atoms with E-state index in [1.54, 1.807) is 36.4 Å². The lowest BCUT2D eigenvalue weighted by molar-refractivity contribution is 0.0952. The first-order valence-corrected chi connectivity index (χ1v) is 7.12. The summed E-state index contributed by atoms with van der Waals surface area (Å²) in [5.74, 6) is 1.27. The second-order valence-electron chi connectivity index (χ2n) is 4.63. The van der Waals surface area contributed by atoms with Crippen LogP contribution in [0.2, 0.25) is 5.02 Å². The number of nitrogens with one attached hydrogen (secondary N) is 1. The molecule has 0 bridgehead atoms. The van der Waals surface area contributed by atoms with E-state index in [0.717, 1.165) is 0 Å². The number of para-hydroxylation sites is 1. The van der Waals surface area contributed by atoms with Crippen LogP contribution in [-0.4, -0.2) is 26.0 Å². The molecule has 0 aliphatic carbocycles. The average molecular weight is 333 g/mol. The van der Waals surface area contributed by atoms with Gasteiger partial charge in [-0.2, -0.15) is 5.10 Å². The van der Waals surface area contributed by atoms with Crippen molar-refractivity contribution in [3.8, 4) is 17.2 Å². The van der Waals surface area contributed by atoms with E-state index in [0.29, 0.717) is 33.4 Å². The van der Waals surface area contributed by atoms with Crippen molar-refractivity contribution in [3.05, 3.63) is 52.5 Å². The van der Waals surface area contributed by atoms with Gasteiger partial charge in [0.25, 0.3) is 5.91 Å². The molecule has 2 aromatic carbocycles. The number of hydrazone groups is 1. The first-order chi connectivity index (χ1) is 11.2. The Morgan fingerprint density at radius 3 is 2.83 bits per heavy atom. The van der Waals surface area contributed by atoms with Gasteiger partial charge < -0.3 is 14.2 Å². The summed E-state index contributed by atoms with van der Waals surface area (Å²) in [5.41, 5.74) is 3.44. The van der Waals surface area contributed by atoms with Crippen LogP contribution < -0.4 is 19.6 Å². The molecule has 7 heteroatoms. The van der Waals surface area contributed by atoms with E-state index in [9.17, 15) is 4.79 Å². The van der Waals surface area contributed by atoms with E-state index in [4.69, 9.17) is 25.8 Å². The van der Waals surface area contributed by atoms with E-state index >= 15 is 0 Å². The molecule has 0 atom stereocenters. The fraction of sp³-hybridized carbons (Fsp3) is 0.125. The molecule has 23 heavy (non-hydrogen) atoms. The molecule has 0 spiro atoms. The molecule has 0 radical (unpaired) electrons. The van der Waals surface area contributed by atoms with Crippen LogP contribution in [0, 0.1) is 0 Å². The molecule has 0 saturated carbocycles. The Labute approximate surface area is 137 Å². The number of hydrogen-bond acceptors (Lipinski definition) is 5. The molecule has 3 rings (SSSR count). The number of hydrogen-bond donors (Lipinski definition) is 1. The third-order valence-electron chi connectivity index (χ3n) is 3.21. The summed E-state index contributed by atoms with van der Waals surface area (Å²) < 4.78 is 15.6. The molecule has 0 saturated heterocycles. The number of nitrogens with zero attached hydrogens (tertiary/aromatic N) is 1. The zero-order chi connectivity index (χ0) is 16.2. The Hall–Kier alpha value is -2.73. The SMILES string of the molecule is COc1ccccc1C(=O)N/N=C\c1cc2c(cc1Cl)OCO2. The largest absolute Gasteiger partial charge is 0.496 e. The van der Waals surface area contributed by atoms with Crippen LogP contribution in [0.3, 0.4) is 0 Å². The van der Waals surface area contributed by atoms with Gasteiger partial charge in [0, 0.05) is 11.6 Å². The molecule has 1 heterocycles. The van der Waals surface area contributed by atoms with Crippen LogP contribution in [0.1, 0.15) is 15.9 Å². The number of ether oxygens (including phenoxy) is 3. The molecule has 0 aromatic heterocycles. The first-order valence-electron chi connectivity index (χ1n) is 6.74. The average Bonchev–Trinajstić information content (AvgIpc) is 3.01. The van der Waals surface area contributed by atoms with Crippen molar-refractivity contribution < 1.29 is 19.0 Å². The fourth-order valence-electron chi connectivity index (χ4n) is 2.08. The van der Waals surface area contributed by atoms with Crippen LogP contribution in [0.25, 0.3) is 0 Å². The van der Waals surface area contributed by atoms with Crippen LogP contribution in [0.15, 0.2) is 41.5 Å². The highest BCUT2D eigenvalue weighted by Crippen LogP contribution is 2.36. The van der Waals surface area contributed by atoms with Crippen LogP contribution in [0.5, 0.6) is 17.2 Å². The van der Waals surface area contributed by atoms with E-state index < -0.39 is 0 Å². The summed E-state index contributed by atoms with van der Waals surface area (Å²) in [5, 5.41) is 4.37. The third kappa shape index (κ3) is 3.22. The van der Waals surface area contributed by atoms with Crippen molar-refractivity contribution >= 4 is 23.7 Å². The van der Waals surface area contributed by atoms with Crippen molar-refractivity contribution in [1.29, 1.82) is 0 Å². The van der Waals surface area contributed by atoms with Gasteiger partial charge in [0.2, 0.25) is 6.79 Å². The molecular formula is C16H13ClN2O4. The summed E-state index contributed by atoms with van der Waals surface area (Å²) in [6.45, 7) is 0.163. The summed E-state index contributed by atoms with van der Waals surface area (Å²) in [4.78, 5) is 12.1. The van der Waals surface area contributed by atoms with Gasteiger partial charge in [0.15, 0.2) is 11.5 Å². The van der Waals surface area contributed by atoms with Gasteiger partial charge in [-0.25, -0.2) is 5.43 Å². The number of carbonyl (C=O) groups excluding carboxylic acids is 1. The Morgan fingerprint density at radius 1 is 1.30 bits per heavy atom. The third-order valence-corrected chi connectivity index (χ3v) is 3.54. The predicted molar refractivity (Wildman–Crippen MR) is 85.6 cm³/mol. The predicted octanol–water partition coefficient (Wildman–Crippen LogP) is 2.84. The summed E-state index contributed by atoms with van der Waals surface area (Å²) in [6, 6.07) is 10.2. The highest BCUT2D eigenvalue weighted by atomic mass is 35.5. The van der Waals surface area contributed by atoms with Gasteiger partial charge in [0.05, 0.1) is 23.9 Å². The maximum atomic E-state index is 12.1. The number of halogens is 1. The Kier molecular flexibility index (Phi) is 4.34. The van der Waals surface area contributed by atoms with E-state index in [2.05, 4.69) is 10.5 Å². The van der Waals surface area contributed by atoms with Gasteiger partial charge >= 0.3 is 0 Å². The maximum absolute atomic E-state index is 12.1. The van der Waals surface area contributed by atoms with Crippen molar-refractivity contribution in [2.45, 2.75) is 0 Å². The van der Waals surface area contributed by atoms with Crippen molar-refractivity contribution in [2.24, 2.45) is 5.10 Å². The molecular weight excluding hydrogens is 320 g/mol. The van der Waals surface area contributed by atoms with Gasteiger partial charge in [-0.1, -0.05) is 23.7 Å². The molecule has 1 amide bonds. The summed E-state index contributed by atoms with van der Waals surface area (Å²) in [7, 11) is 1.50. The number of methoxy groups -OCH3 is 1. The quantitative estimate of drug-likeness (QED) is 0.690. The molecule has 1 aliphatic rings. The monoisotopic (exact) mass is 332 g/mol. The minimum Gasteiger partial charge on any atom is -0.496 e. The first kappa shape index (κ1) is 15.2. The number of amides is 1. The van der Waals surface area contributed by atoms with E-state index in [-0.39, 0.29) is 12.7 Å². The zero-order valence-electron chi connectivity index (χ0n) is 12.2. The standard InChI is InChI=1S/C16H13ClN2O4/c1-21-13-5-3-2-4-11(13)16(20)19-18-8-10-6-14-15(7-12(10)17)23-9-22-14/h2-8H,9H2,1H3,(H,19,20)/b18-8-. The summed E-state index contributed by atoms with van der Waals surface area (Å²) in [6.07, 6.45) is 1.44.